The Hall–Kier alpha value is -2.64. The highest BCUT2D eigenvalue weighted by molar-refractivity contribution is 7.88. The van der Waals surface area contributed by atoms with E-state index in [2.05, 4.69) is 11.9 Å². The minimum absolute atomic E-state index is 0.181. The third kappa shape index (κ3) is 5.46. The van der Waals surface area contributed by atoms with Gasteiger partial charge in [0.05, 0.1) is 6.26 Å². The summed E-state index contributed by atoms with van der Waals surface area (Å²) in [4.78, 5) is 14.6. The summed E-state index contributed by atoms with van der Waals surface area (Å²) in [6, 6.07) is 15.5. The maximum Gasteiger partial charge on any atom is 0.322 e. The van der Waals surface area contributed by atoms with E-state index >= 15 is 0 Å². The van der Waals surface area contributed by atoms with Crippen LogP contribution in [0.2, 0.25) is 0 Å². The van der Waals surface area contributed by atoms with Crippen LogP contribution in [-0.4, -0.2) is 49.5 Å². The van der Waals surface area contributed by atoms with Crippen LogP contribution in [0.1, 0.15) is 16.7 Å². The highest BCUT2D eigenvalue weighted by atomic mass is 32.2. The number of carbonyl (C=O) groups excluding carboxylic acids is 1. The normalized spacial score (nSPS) is 14.1. The summed E-state index contributed by atoms with van der Waals surface area (Å²) in [5, 5.41) is 3.02. The molecule has 29 heavy (non-hydrogen) atoms. The molecule has 0 saturated carbocycles. The lowest BCUT2D eigenvalue weighted by Gasteiger charge is -2.29. The van der Waals surface area contributed by atoms with Crippen LogP contribution in [-0.2, 0) is 29.4 Å². The zero-order chi connectivity index (χ0) is 20.9. The molecular formula is C22H27N3O3S. The van der Waals surface area contributed by atoms with Crippen LogP contribution in [0.4, 0.5) is 10.5 Å². The molecule has 0 fully saturated rings. The minimum Gasteiger partial charge on any atom is -0.320 e. The van der Waals surface area contributed by atoms with E-state index in [-0.39, 0.29) is 6.03 Å². The number of carbonyl (C=O) groups is 1. The lowest BCUT2D eigenvalue weighted by atomic mass is 9.99. The highest BCUT2D eigenvalue weighted by Gasteiger charge is 2.25. The van der Waals surface area contributed by atoms with Crippen LogP contribution in [0.5, 0.6) is 0 Å². The number of benzene rings is 2. The van der Waals surface area contributed by atoms with Crippen molar-refractivity contribution >= 4 is 21.7 Å². The second-order valence-electron chi connectivity index (χ2n) is 7.19. The summed E-state index contributed by atoms with van der Waals surface area (Å²) < 4.78 is 25.2. The minimum atomic E-state index is -3.23. The number of rotatable bonds is 7. The van der Waals surface area contributed by atoms with Gasteiger partial charge in [-0.2, -0.15) is 4.31 Å². The Kier molecular flexibility index (Phi) is 6.71. The monoisotopic (exact) mass is 413 g/mol. The molecule has 0 atom stereocenters. The first kappa shape index (κ1) is 21.1. The molecule has 2 amide bonds. The first-order valence-corrected chi connectivity index (χ1v) is 11.5. The Morgan fingerprint density at radius 1 is 1.21 bits per heavy atom. The first-order chi connectivity index (χ1) is 13.9. The summed E-state index contributed by atoms with van der Waals surface area (Å²) in [7, 11) is -3.23. The maximum atomic E-state index is 12.9. The molecule has 1 heterocycles. The van der Waals surface area contributed by atoms with Gasteiger partial charge >= 0.3 is 6.03 Å². The van der Waals surface area contributed by atoms with Crippen molar-refractivity contribution in [2.45, 2.75) is 19.4 Å². The van der Waals surface area contributed by atoms with E-state index in [1.54, 1.807) is 11.0 Å². The quantitative estimate of drug-likeness (QED) is 0.709. The molecule has 0 radical (unpaired) electrons. The molecule has 0 aromatic heterocycles. The molecule has 0 spiro atoms. The van der Waals surface area contributed by atoms with E-state index in [4.69, 9.17) is 0 Å². The second-order valence-corrected chi connectivity index (χ2v) is 9.17. The highest BCUT2D eigenvalue weighted by Crippen LogP contribution is 2.27. The smallest absolute Gasteiger partial charge is 0.320 e. The van der Waals surface area contributed by atoms with Crippen molar-refractivity contribution in [3.63, 3.8) is 0 Å². The number of nitrogens with one attached hydrogen (secondary N) is 1. The van der Waals surface area contributed by atoms with Crippen molar-refractivity contribution in [2.24, 2.45) is 0 Å². The number of amides is 2. The molecule has 1 aliphatic heterocycles. The zero-order valence-electron chi connectivity index (χ0n) is 16.7. The molecule has 3 rings (SSSR count). The van der Waals surface area contributed by atoms with Gasteiger partial charge in [0.25, 0.3) is 0 Å². The maximum absolute atomic E-state index is 12.9. The van der Waals surface area contributed by atoms with Crippen LogP contribution >= 0.6 is 0 Å². The molecule has 154 valence electrons. The molecule has 1 aliphatic rings. The Morgan fingerprint density at radius 2 is 1.97 bits per heavy atom. The Labute approximate surface area is 172 Å². The Balaban J connectivity index is 1.71. The molecule has 0 aliphatic carbocycles. The summed E-state index contributed by atoms with van der Waals surface area (Å²) in [6.45, 7) is 5.55. The van der Waals surface area contributed by atoms with Crippen LogP contribution in [0.3, 0.4) is 0 Å². The average molecular weight is 414 g/mol. The summed E-state index contributed by atoms with van der Waals surface area (Å²) in [5.41, 5.74) is 3.85. The molecule has 0 saturated heterocycles. The number of fused-ring (bicyclic) bond motifs is 1. The van der Waals surface area contributed by atoms with Gasteiger partial charge in [-0.15, -0.1) is 6.58 Å². The van der Waals surface area contributed by atoms with Gasteiger partial charge in [-0.05, 0) is 35.6 Å². The molecule has 0 bridgehead atoms. The average Bonchev–Trinajstić information content (AvgIpc) is 2.71. The molecular weight excluding hydrogens is 386 g/mol. The van der Waals surface area contributed by atoms with E-state index in [1.165, 1.54) is 16.1 Å². The van der Waals surface area contributed by atoms with Gasteiger partial charge in [0.1, 0.15) is 0 Å². The van der Waals surface area contributed by atoms with Crippen molar-refractivity contribution in [3.8, 4) is 0 Å². The predicted octanol–water partition coefficient (Wildman–Crippen LogP) is 3.27. The SMILES string of the molecule is C=CCN(CCc1ccccc1)C(=O)Nc1cccc2c1CCN(S(C)(=O)=O)C2. The molecule has 7 heteroatoms. The number of nitrogens with zero attached hydrogens (tertiary/aromatic N) is 2. The van der Waals surface area contributed by atoms with Gasteiger partial charge in [0, 0.05) is 31.9 Å². The number of anilines is 1. The van der Waals surface area contributed by atoms with Crippen LogP contribution in [0, 0.1) is 0 Å². The fourth-order valence-electron chi connectivity index (χ4n) is 3.52. The summed E-state index contributed by atoms with van der Waals surface area (Å²) in [6.07, 6.45) is 4.28. The number of hydrogen-bond donors (Lipinski definition) is 1. The fourth-order valence-corrected chi connectivity index (χ4v) is 4.31. The van der Waals surface area contributed by atoms with E-state index in [0.29, 0.717) is 32.6 Å². The van der Waals surface area contributed by atoms with Crippen molar-refractivity contribution < 1.29 is 13.2 Å². The molecule has 2 aromatic rings. The van der Waals surface area contributed by atoms with Gasteiger partial charge in [-0.25, -0.2) is 13.2 Å². The van der Waals surface area contributed by atoms with Crippen LogP contribution < -0.4 is 5.32 Å². The predicted molar refractivity (Wildman–Crippen MR) is 116 cm³/mol. The molecule has 2 aromatic carbocycles. The molecule has 1 N–H and O–H groups in total. The third-order valence-electron chi connectivity index (χ3n) is 5.09. The van der Waals surface area contributed by atoms with Crippen molar-refractivity contribution in [3.05, 3.63) is 77.9 Å². The van der Waals surface area contributed by atoms with Gasteiger partial charge in [0.15, 0.2) is 0 Å². The van der Waals surface area contributed by atoms with Gasteiger partial charge in [0.2, 0.25) is 10.0 Å². The zero-order valence-corrected chi connectivity index (χ0v) is 17.5. The van der Waals surface area contributed by atoms with Gasteiger partial charge < -0.3 is 10.2 Å². The first-order valence-electron chi connectivity index (χ1n) is 9.65. The van der Waals surface area contributed by atoms with Crippen LogP contribution in [0.25, 0.3) is 0 Å². The summed E-state index contributed by atoms with van der Waals surface area (Å²) >= 11 is 0. The number of hydrogen-bond acceptors (Lipinski definition) is 3. The van der Waals surface area contributed by atoms with E-state index < -0.39 is 10.0 Å². The second kappa shape index (κ2) is 9.24. The lowest BCUT2D eigenvalue weighted by Crippen LogP contribution is -2.38. The standard InChI is InChI=1S/C22H27N3O3S/c1-3-14-24(15-12-18-8-5-4-6-9-18)22(26)23-21-11-7-10-19-17-25(29(2,27)28)16-13-20(19)21/h3-11H,1,12-17H2,2H3,(H,23,26). The van der Waals surface area contributed by atoms with Crippen LogP contribution in [0.15, 0.2) is 61.2 Å². The number of urea groups is 1. The largest absolute Gasteiger partial charge is 0.322 e. The Bertz CT molecular complexity index is 974. The fraction of sp³-hybridized carbons (Fsp3) is 0.318. The summed E-state index contributed by atoms with van der Waals surface area (Å²) in [5.74, 6) is 0. The van der Waals surface area contributed by atoms with Crippen molar-refractivity contribution in [1.82, 2.24) is 9.21 Å². The van der Waals surface area contributed by atoms with Crippen molar-refractivity contribution in [2.75, 3.05) is 31.2 Å². The van der Waals surface area contributed by atoms with E-state index in [9.17, 15) is 13.2 Å². The van der Waals surface area contributed by atoms with Gasteiger partial charge in [-0.3, -0.25) is 0 Å². The molecule has 6 nitrogen and oxygen atoms in total. The van der Waals surface area contributed by atoms with Crippen molar-refractivity contribution in [1.29, 1.82) is 0 Å². The van der Waals surface area contributed by atoms with E-state index in [0.717, 1.165) is 23.2 Å². The molecule has 0 unspecified atom stereocenters. The van der Waals surface area contributed by atoms with Gasteiger partial charge in [-0.1, -0.05) is 48.5 Å². The lowest BCUT2D eigenvalue weighted by molar-refractivity contribution is 0.217. The topological polar surface area (TPSA) is 69.7 Å². The number of sulfonamides is 1. The Morgan fingerprint density at radius 3 is 2.66 bits per heavy atom. The van der Waals surface area contributed by atoms with E-state index in [1.807, 2.05) is 48.5 Å². The third-order valence-corrected chi connectivity index (χ3v) is 6.34.